The summed E-state index contributed by atoms with van der Waals surface area (Å²) in [6, 6.07) is 13.8. The summed E-state index contributed by atoms with van der Waals surface area (Å²) in [6.07, 6.45) is 0. The van der Waals surface area contributed by atoms with E-state index in [0.717, 1.165) is 4.90 Å². The molecule has 0 atom stereocenters. The van der Waals surface area contributed by atoms with Crippen LogP contribution in [0.1, 0.15) is 26.3 Å². The average Bonchev–Trinajstić information content (AvgIpc) is 3.00. The molecule has 0 bridgehead atoms. The molecule has 0 fully saturated rings. The number of carbonyl (C=O) groups excluding carboxylic acids is 1. The van der Waals surface area contributed by atoms with Crippen LogP contribution in [-0.4, -0.2) is 18.5 Å². The third kappa shape index (κ3) is 4.03. The van der Waals surface area contributed by atoms with Crippen molar-refractivity contribution in [2.45, 2.75) is 31.1 Å². The van der Waals surface area contributed by atoms with Crippen molar-refractivity contribution in [2.24, 2.45) is 0 Å². The first kappa shape index (κ1) is 16.7. The van der Waals surface area contributed by atoms with E-state index in [1.54, 1.807) is 12.1 Å². The summed E-state index contributed by atoms with van der Waals surface area (Å²) in [5.74, 6) is 1.70. The van der Waals surface area contributed by atoms with Gasteiger partial charge in [-0.25, -0.2) is 0 Å². The maximum absolute atomic E-state index is 12.1. The molecule has 1 aliphatic rings. The number of hydrogen-bond acceptors (Lipinski definition) is 4. The molecule has 1 aliphatic heterocycles. The second-order valence-corrected chi connectivity index (χ2v) is 7.73. The molecule has 4 nitrogen and oxygen atoms in total. The molecule has 0 aromatic heterocycles. The Labute approximate surface area is 146 Å². The van der Waals surface area contributed by atoms with Crippen LogP contribution in [0.25, 0.3) is 0 Å². The third-order valence-electron chi connectivity index (χ3n) is 3.75. The first-order valence-corrected chi connectivity index (χ1v) is 8.83. The first-order valence-electron chi connectivity index (χ1n) is 7.85. The van der Waals surface area contributed by atoms with Crippen LogP contribution in [0.5, 0.6) is 11.5 Å². The summed E-state index contributed by atoms with van der Waals surface area (Å²) in [6.45, 7) is 6.79. The molecule has 1 heterocycles. The number of ether oxygens (including phenoxy) is 2. The molecule has 0 radical (unpaired) electrons. The zero-order valence-electron chi connectivity index (χ0n) is 14.1. The molecule has 3 rings (SSSR count). The lowest BCUT2D eigenvalue weighted by Gasteiger charge is -2.19. The minimum Gasteiger partial charge on any atom is -0.454 e. The average molecular weight is 343 g/mol. The monoisotopic (exact) mass is 343 g/mol. The Hall–Kier alpha value is -2.14. The van der Waals surface area contributed by atoms with Crippen LogP contribution in [0, 0.1) is 0 Å². The Morgan fingerprint density at radius 2 is 1.79 bits per heavy atom. The Bertz CT molecular complexity index is 735. The van der Waals surface area contributed by atoms with E-state index in [-0.39, 0.29) is 18.1 Å². The van der Waals surface area contributed by atoms with Crippen molar-refractivity contribution in [3.63, 3.8) is 0 Å². The number of nitrogens with one attached hydrogen (secondary N) is 1. The molecule has 126 valence electrons. The second-order valence-electron chi connectivity index (χ2n) is 6.68. The highest BCUT2D eigenvalue weighted by Crippen LogP contribution is 2.34. The molecule has 5 heteroatoms. The van der Waals surface area contributed by atoms with E-state index in [4.69, 9.17) is 9.47 Å². The highest BCUT2D eigenvalue weighted by atomic mass is 32.2. The number of hydrogen-bond donors (Lipinski definition) is 1. The van der Waals surface area contributed by atoms with E-state index in [1.807, 2.05) is 6.07 Å². The van der Waals surface area contributed by atoms with Crippen LogP contribution >= 0.6 is 11.8 Å². The number of fused-ring (bicyclic) bond motifs is 1. The van der Waals surface area contributed by atoms with Crippen LogP contribution in [-0.2, 0) is 10.2 Å². The summed E-state index contributed by atoms with van der Waals surface area (Å²) in [4.78, 5) is 13.2. The molecule has 0 unspecified atom stereocenters. The Morgan fingerprint density at radius 1 is 1.08 bits per heavy atom. The maximum atomic E-state index is 12.1. The van der Waals surface area contributed by atoms with Gasteiger partial charge in [0.1, 0.15) is 0 Å². The minimum absolute atomic E-state index is 0.0428. The highest BCUT2D eigenvalue weighted by Gasteiger charge is 2.15. The number of anilines is 1. The summed E-state index contributed by atoms with van der Waals surface area (Å²) < 4.78 is 10.6. The van der Waals surface area contributed by atoms with Crippen LogP contribution in [0.15, 0.2) is 47.4 Å². The van der Waals surface area contributed by atoms with Crippen LogP contribution < -0.4 is 14.8 Å². The van der Waals surface area contributed by atoms with Crippen molar-refractivity contribution >= 4 is 23.4 Å². The van der Waals surface area contributed by atoms with Gasteiger partial charge in [-0.3, -0.25) is 4.79 Å². The Balaban J connectivity index is 1.54. The quantitative estimate of drug-likeness (QED) is 0.834. The molecule has 2 aromatic carbocycles. The van der Waals surface area contributed by atoms with E-state index >= 15 is 0 Å². The normalized spacial score (nSPS) is 13.0. The van der Waals surface area contributed by atoms with Gasteiger partial charge in [0, 0.05) is 16.6 Å². The number of rotatable bonds is 4. The van der Waals surface area contributed by atoms with E-state index in [9.17, 15) is 4.79 Å². The smallest absolute Gasteiger partial charge is 0.234 e. The molecule has 1 amide bonds. The fourth-order valence-electron chi connectivity index (χ4n) is 2.37. The number of carbonyl (C=O) groups is 1. The lowest BCUT2D eigenvalue weighted by Crippen LogP contribution is -2.14. The molecule has 0 saturated carbocycles. The van der Waals surface area contributed by atoms with Gasteiger partial charge in [0.25, 0.3) is 0 Å². The van der Waals surface area contributed by atoms with E-state index < -0.39 is 0 Å². The summed E-state index contributed by atoms with van der Waals surface area (Å²) >= 11 is 1.52. The van der Waals surface area contributed by atoms with Gasteiger partial charge in [-0.05, 0) is 35.2 Å². The van der Waals surface area contributed by atoms with E-state index in [2.05, 4.69) is 50.4 Å². The van der Waals surface area contributed by atoms with Gasteiger partial charge in [0.2, 0.25) is 12.7 Å². The lowest BCUT2D eigenvalue weighted by atomic mass is 9.87. The summed E-state index contributed by atoms with van der Waals surface area (Å²) in [5, 5.41) is 2.88. The zero-order chi connectivity index (χ0) is 17.2. The topological polar surface area (TPSA) is 47.6 Å². The number of thioether (sulfide) groups is 1. The minimum atomic E-state index is -0.0428. The van der Waals surface area contributed by atoms with Crippen LogP contribution in [0.2, 0.25) is 0 Å². The number of benzene rings is 2. The SMILES string of the molecule is CC(C)(C)c1ccc(SCC(=O)Nc2ccc3c(c2)OCO3)cc1. The number of amides is 1. The molecule has 0 spiro atoms. The summed E-state index contributed by atoms with van der Waals surface area (Å²) in [5.41, 5.74) is 2.14. The fourth-order valence-corrected chi connectivity index (χ4v) is 3.07. The Morgan fingerprint density at radius 3 is 2.50 bits per heavy atom. The molecule has 24 heavy (non-hydrogen) atoms. The van der Waals surface area contributed by atoms with Gasteiger partial charge in [-0.15, -0.1) is 11.8 Å². The Kier molecular flexibility index (Phi) is 4.71. The largest absolute Gasteiger partial charge is 0.454 e. The van der Waals surface area contributed by atoms with Gasteiger partial charge in [0.15, 0.2) is 11.5 Å². The second kappa shape index (κ2) is 6.77. The van der Waals surface area contributed by atoms with Gasteiger partial charge in [0.05, 0.1) is 5.75 Å². The van der Waals surface area contributed by atoms with Crippen molar-refractivity contribution in [3.8, 4) is 11.5 Å². The first-order chi connectivity index (χ1) is 11.4. The highest BCUT2D eigenvalue weighted by molar-refractivity contribution is 8.00. The summed E-state index contributed by atoms with van der Waals surface area (Å²) in [7, 11) is 0. The van der Waals surface area contributed by atoms with Gasteiger partial charge in [-0.1, -0.05) is 32.9 Å². The van der Waals surface area contributed by atoms with Gasteiger partial charge in [-0.2, -0.15) is 0 Å². The van der Waals surface area contributed by atoms with Crippen molar-refractivity contribution in [1.82, 2.24) is 0 Å². The van der Waals surface area contributed by atoms with Crippen molar-refractivity contribution in [3.05, 3.63) is 48.0 Å². The van der Waals surface area contributed by atoms with Gasteiger partial charge < -0.3 is 14.8 Å². The van der Waals surface area contributed by atoms with E-state index in [1.165, 1.54) is 17.3 Å². The molecule has 0 saturated heterocycles. The fraction of sp³-hybridized carbons (Fsp3) is 0.316. The van der Waals surface area contributed by atoms with Crippen molar-refractivity contribution in [2.75, 3.05) is 17.9 Å². The van der Waals surface area contributed by atoms with E-state index in [0.29, 0.717) is 22.9 Å². The predicted octanol–water partition coefficient (Wildman–Crippen LogP) is 4.44. The maximum Gasteiger partial charge on any atom is 0.234 e. The molecule has 2 aromatic rings. The van der Waals surface area contributed by atoms with Crippen molar-refractivity contribution in [1.29, 1.82) is 0 Å². The van der Waals surface area contributed by atoms with Crippen LogP contribution in [0.4, 0.5) is 5.69 Å². The van der Waals surface area contributed by atoms with Gasteiger partial charge >= 0.3 is 0 Å². The standard InChI is InChI=1S/C19H21NO3S/c1-19(2,3)13-4-7-15(8-5-13)24-11-18(21)20-14-6-9-16-17(10-14)23-12-22-16/h4-10H,11-12H2,1-3H3,(H,20,21). The van der Waals surface area contributed by atoms with Crippen molar-refractivity contribution < 1.29 is 14.3 Å². The molecule has 1 N–H and O–H groups in total. The zero-order valence-corrected chi connectivity index (χ0v) is 14.9. The predicted molar refractivity (Wildman–Crippen MR) is 97.1 cm³/mol. The van der Waals surface area contributed by atoms with Crippen LogP contribution in [0.3, 0.4) is 0 Å². The third-order valence-corrected chi connectivity index (χ3v) is 4.76. The molecule has 0 aliphatic carbocycles. The molecular weight excluding hydrogens is 322 g/mol. The lowest BCUT2D eigenvalue weighted by molar-refractivity contribution is -0.113. The molecular formula is C19H21NO3S.